The van der Waals surface area contributed by atoms with Crippen LogP contribution in [0.1, 0.15) is 24.1 Å². The fourth-order valence-electron chi connectivity index (χ4n) is 2.58. The first-order valence-electron chi connectivity index (χ1n) is 5.98. The molecule has 3 nitrogen and oxygen atoms in total. The van der Waals surface area contributed by atoms with Crippen molar-refractivity contribution in [3.05, 3.63) is 34.2 Å². The fourth-order valence-corrected chi connectivity index (χ4v) is 2.75. The monoisotopic (exact) mass is 265 g/mol. The van der Waals surface area contributed by atoms with Crippen LogP contribution in [0.5, 0.6) is 0 Å². The molecule has 3 N–H and O–H groups in total. The standard InChI is InChI=1S/C13H13ClFN3/c14-9-5-8-12(6-10(9)15)17-11-4-2-1-3-7(11)13(8)18-16/h5-6H,1-4,16H2,(H,17,18). The maximum absolute atomic E-state index is 13.5. The van der Waals surface area contributed by atoms with E-state index in [9.17, 15) is 4.39 Å². The van der Waals surface area contributed by atoms with Gasteiger partial charge in [-0.15, -0.1) is 0 Å². The first kappa shape index (κ1) is 11.7. The molecule has 0 saturated heterocycles. The average Bonchev–Trinajstić information content (AvgIpc) is 2.38. The molecule has 94 valence electrons. The molecule has 0 aliphatic heterocycles. The maximum Gasteiger partial charge on any atom is 0.143 e. The van der Waals surface area contributed by atoms with Crippen molar-refractivity contribution in [3.63, 3.8) is 0 Å². The fraction of sp³-hybridized carbons (Fsp3) is 0.308. The molecule has 0 amide bonds. The van der Waals surface area contributed by atoms with E-state index in [0.29, 0.717) is 5.52 Å². The van der Waals surface area contributed by atoms with Gasteiger partial charge in [0, 0.05) is 17.1 Å². The van der Waals surface area contributed by atoms with Gasteiger partial charge in [0.15, 0.2) is 0 Å². The Kier molecular flexibility index (Phi) is 2.84. The zero-order chi connectivity index (χ0) is 12.7. The summed E-state index contributed by atoms with van der Waals surface area (Å²) >= 11 is 5.83. The predicted octanol–water partition coefficient (Wildman–Crippen LogP) is 3.19. The Hall–Kier alpha value is -1.39. The van der Waals surface area contributed by atoms with Crippen molar-refractivity contribution in [1.29, 1.82) is 0 Å². The summed E-state index contributed by atoms with van der Waals surface area (Å²) in [6.45, 7) is 0. The number of nitrogens with two attached hydrogens (primary N) is 1. The van der Waals surface area contributed by atoms with Crippen LogP contribution in [-0.2, 0) is 12.8 Å². The molecular weight excluding hydrogens is 253 g/mol. The van der Waals surface area contributed by atoms with Crippen LogP contribution in [0.4, 0.5) is 10.1 Å². The number of fused-ring (bicyclic) bond motifs is 2. The van der Waals surface area contributed by atoms with E-state index < -0.39 is 5.82 Å². The highest BCUT2D eigenvalue weighted by atomic mass is 35.5. The van der Waals surface area contributed by atoms with Gasteiger partial charge >= 0.3 is 0 Å². The Morgan fingerprint density at radius 1 is 1.28 bits per heavy atom. The normalized spacial score (nSPS) is 14.6. The van der Waals surface area contributed by atoms with Crippen LogP contribution in [0.3, 0.4) is 0 Å². The minimum atomic E-state index is -0.449. The van der Waals surface area contributed by atoms with Gasteiger partial charge in [0.25, 0.3) is 0 Å². The molecule has 0 spiro atoms. The zero-order valence-electron chi connectivity index (χ0n) is 9.76. The van der Waals surface area contributed by atoms with E-state index in [-0.39, 0.29) is 5.02 Å². The molecule has 1 aliphatic rings. The summed E-state index contributed by atoms with van der Waals surface area (Å²) in [7, 11) is 0. The van der Waals surface area contributed by atoms with E-state index in [1.54, 1.807) is 6.07 Å². The van der Waals surface area contributed by atoms with Crippen molar-refractivity contribution >= 4 is 28.2 Å². The molecule has 0 saturated carbocycles. The van der Waals surface area contributed by atoms with Crippen LogP contribution in [0, 0.1) is 5.82 Å². The second kappa shape index (κ2) is 4.37. The van der Waals surface area contributed by atoms with E-state index in [4.69, 9.17) is 17.4 Å². The number of hydrogen-bond acceptors (Lipinski definition) is 3. The van der Waals surface area contributed by atoms with Crippen molar-refractivity contribution in [1.82, 2.24) is 4.98 Å². The highest BCUT2D eigenvalue weighted by Gasteiger charge is 2.18. The first-order chi connectivity index (χ1) is 8.70. The lowest BCUT2D eigenvalue weighted by Gasteiger charge is -2.20. The molecule has 2 aromatic rings. The van der Waals surface area contributed by atoms with Crippen LogP contribution in [0.25, 0.3) is 10.9 Å². The van der Waals surface area contributed by atoms with E-state index in [1.807, 2.05) is 0 Å². The number of hydrogen-bond donors (Lipinski definition) is 2. The average molecular weight is 266 g/mol. The van der Waals surface area contributed by atoms with Crippen LogP contribution >= 0.6 is 11.6 Å². The molecule has 3 rings (SSSR count). The number of halogens is 2. The smallest absolute Gasteiger partial charge is 0.143 e. The van der Waals surface area contributed by atoms with Gasteiger partial charge in [0.05, 0.1) is 16.2 Å². The van der Waals surface area contributed by atoms with Crippen LogP contribution in [0.2, 0.25) is 5.02 Å². The molecular formula is C13H13ClFN3. The minimum absolute atomic E-state index is 0.0940. The zero-order valence-corrected chi connectivity index (χ0v) is 10.5. The molecule has 18 heavy (non-hydrogen) atoms. The molecule has 0 bridgehead atoms. The third-order valence-corrected chi connectivity index (χ3v) is 3.74. The van der Waals surface area contributed by atoms with Gasteiger partial charge < -0.3 is 5.43 Å². The van der Waals surface area contributed by atoms with Crippen molar-refractivity contribution < 1.29 is 4.39 Å². The molecule has 1 aliphatic carbocycles. The molecule has 0 atom stereocenters. The van der Waals surface area contributed by atoms with Crippen molar-refractivity contribution in [3.8, 4) is 0 Å². The summed E-state index contributed by atoms with van der Waals surface area (Å²) in [5.74, 6) is 5.16. The molecule has 0 fully saturated rings. The van der Waals surface area contributed by atoms with Crippen molar-refractivity contribution in [2.45, 2.75) is 25.7 Å². The lowest BCUT2D eigenvalue weighted by molar-refractivity contribution is 0.629. The van der Waals surface area contributed by atoms with Gasteiger partial charge in [-0.2, -0.15) is 0 Å². The number of anilines is 1. The molecule has 1 heterocycles. The minimum Gasteiger partial charge on any atom is -0.323 e. The third-order valence-electron chi connectivity index (χ3n) is 3.45. The third kappa shape index (κ3) is 1.72. The van der Waals surface area contributed by atoms with E-state index in [0.717, 1.165) is 48.0 Å². The van der Waals surface area contributed by atoms with Gasteiger partial charge in [0.1, 0.15) is 5.82 Å². The number of nitrogens with one attached hydrogen (secondary N) is 1. The summed E-state index contributed by atoms with van der Waals surface area (Å²) in [6.07, 6.45) is 4.12. The molecule has 1 aromatic heterocycles. The summed E-state index contributed by atoms with van der Waals surface area (Å²) < 4.78 is 13.5. The molecule has 0 radical (unpaired) electrons. The maximum atomic E-state index is 13.5. The lowest BCUT2D eigenvalue weighted by Crippen LogP contribution is -2.15. The van der Waals surface area contributed by atoms with Gasteiger partial charge in [-0.3, -0.25) is 10.8 Å². The SMILES string of the molecule is NNc1c2c(nc3cc(F)c(Cl)cc13)CCCC2. The van der Waals surface area contributed by atoms with Gasteiger partial charge in [-0.1, -0.05) is 11.6 Å². The lowest BCUT2D eigenvalue weighted by atomic mass is 9.93. The Bertz CT molecular complexity index is 627. The predicted molar refractivity (Wildman–Crippen MR) is 71.2 cm³/mol. The molecule has 1 aromatic carbocycles. The number of rotatable bonds is 1. The second-order valence-electron chi connectivity index (χ2n) is 4.55. The van der Waals surface area contributed by atoms with E-state index in [2.05, 4.69) is 10.4 Å². The summed E-state index contributed by atoms with van der Waals surface area (Å²) in [5, 5.41) is 0.876. The molecule has 5 heteroatoms. The number of nitrogens with zero attached hydrogens (tertiary/aromatic N) is 1. The van der Waals surface area contributed by atoms with Gasteiger partial charge in [-0.05, 0) is 37.3 Å². The highest BCUT2D eigenvalue weighted by Crippen LogP contribution is 2.34. The van der Waals surface area contributed by atoms with E-state index in [1.165, 1.54) is 6.07 Å². The second-order valence-corrected chi connectivity index (χ2v) is 4.95. The van der Waals surface area contributed by atoms with Crippen LogP contribution in [-0.4, -0.2) is 4.98 Å². The summed E-state index contributed by atoms with van der Waals surface area (Å²) in [6, 6.07) is 2.96. The van der Waals surface area contributed by atoms with Crippen molar-refractivity contribution in [2.75, 3.05) is 5.43 Å². The Morgan fingerprint density at radius 2 is 2.06 bits per heavy atom. The Morgan fingerprint density at radius 3 is 2.83 bits per heavy atom. The summed E-state index contributed by atoms with van der Waals surface area (Å²) in [5.41, 5.74) is 6.31. The Balaban J connectivity index is 2.36. The number of benzene rings is 1. The largest absolute Gasteiger partial charge is 0.323 e. The van der Waals surface area contributed by atoms with Crippen LogP contribution in [0.15, 0.2) is 12.1 Å². The van der Waals surface area contributed by atoms with Crippen molar-refractivity contribution in [2.24, 2.45) is 5.84 Å². The highest BCUT2D eigenvalue weighted by molar-refractivity contribution is 6.31. The van der Waals surface area contributed by atoms with Gasteiger partial charge in [-0.25, -0.2) is 4.39 Å². The van der Waals surface area contributed by atoms with Gasteiger partial charge in [0.2, 0.25) is 0 Å². The number of hydrazine groups is 1. The number of nitrogen functional groups attached to an aromatic ring is 1. The first-order valence-corrected chi connectivity index (χ1v) is 6.35. The number of aromatic nitrogens is 1. The quantitative estimate of drug-likeness (QED) is 0.615. The number of pyridine rings is 1. The number of aryl methyl sites for hydroxylation is 1. The topological polar surface area (TPSA) is 50.9 Å². The molecule has 0 unspecified atom stereocenters. The van der Waals surface area contributed by atoms with Crippen LogP contribution < -0.4 is 11.3 Å². The Labute approximate surface area is 109 Å². The summed E-state index contributed by atoms with van der Waals surface area (Å²) in [4.78, 5) is 4.53. The van der Waals surface area contributed by atoms with E-state index >= 15 is 0 Å².